The van der Waals surface area contributed by atoms with Crippen LogP contribution in [0.3, 0.4) is 0 Å². The summed E-state index contributed by atoms with van der Waals surface area (Å²) in [6.45, 7) is 5.56. The Morgan fingerprint density at radius 1 is 1.57 bits per heavy atom. The number of hydrogen-bond donors (Lipinski definition) is 0. The van der Waals surface area contributed by atoms with Gasteiger partial charge in [-0.3, -0.25) is 4.79 Å². The number of ether oxygens (including phenoxy) is 2. The second-order valence-electron chi connectivity index (χ2n) is 3.67. The predicted molar refractivity (Wildman–Crippen MR) is 50.7 cm³/mol. The molecule has 0 aliphatic carbocycles. The smallest absolute Gasteiger partial charge is 0.317 e. The highest BCUT2D eigenvalue weighted by Gasteiger charge is 2.21. The van der Waals surface area contributed by atoms with Crippen LogP contribution in [0.4, 0.5) is 0 Å². The normalized spacial score (nSPS) is 12.9. The van der Waals surface area contributed by atoms with Gasteiger partial charge in [0.15, 0.2) is 6.04 Å². The Morgan fingerprint density at radius 2 is 2.14 bits per heavy atom. The molecule has 0 aromatic carbocycles. The minimum atomic E-state index is -0.913. The quantitative estimate of drug-likeness (QED) is 0.300. The Bertz CT molecular complexity index is 241. The highest BCUT2D eigenvalue weighted by molar-refractivity contribution is 5.75. The van der Waals surface area contributed by atoms with Crippen LogP contribution in [0.15, 0.2) is 5.11 Å². The lowest BCUT2D eigenvalue weighted by molar-refractivity contribution is -0.144. The third-order valence-electron chi connectivity index (χ3n) is 1.34. The van der Waals surface area contributed by atoms with E-state index in [0.29, 0.717) is 0 Å². The average molecular weight is 201 g/mol. The van der Waals surface area contributed by atoms with E-state index in [1.807, 2.05) is 20.8 Å². The van der Waals surface area contributed by atoms with Crippen LogP contribution in [0.5, 0.6) is 0 Å². The average Bonchev–Trinajstić information content (AvgIpc) is 2.09. The van der Waals surface area contributed by atoms with Gasteiger partial charge in [0.05, 0.1) is 19.3 Å². The van der Waals surface area contributed by atoms with Gasteiger partial charge in [-0.2, -0.15) is 0 Å². The zero-order valence-electron chi connectivity index (χ0n) is 8.85. The van der Waals surface area contributed by atoms with E-state index in [4.69, 9.17) is 10.3 Å². The molecule has 0 unspecified atom stereocenters. The zero-order chi connectivity index (χ0) is 11.2. The first-order chi connectivity index (χ1) is 6.40. The Balaban J connectivity index is 4.25. The van der Waals surface area contributed by atoms with Crippen LogP contribution >= 0.6 is 0 Å². The summed E-state index contributed by atoms with van der Waals surface area (Å²) in [4.78, 5) is 13.6. The van der Waals surface area contributed by atoms with Crippen molar-refractivity contribution in [3.8, 4) is 0 Å². The molecule has 0 saturated carbocycles. The molecular formula is C8H15N3O3. The lowest BCUT2D eigenvalue weighted by atomic mass is 10.2. The van der Waals surface area contributed by atoms with E-state index in [1.54, 1.807) is 0 Å². The predicted octanol–water partition coefficient (Wildman–Crippen LogP) is 1.65. The standard InChI is InChI=1S/C8H15N3O3/c1-8(2,3)14-5-6(10-11-9)7(12)13-4/h6H,5H2,1-4H3/t6-/m1/s1. The van der Waals surface area contributed by atoms with Crippen LogP contribution in [-0.4, -0.2) is 31.3 Å². The van der Waals surface area contributed by atoms with Gasteiger partial charge in [0.1, 0.15) is 0 Å². The Kier molecular flexibility index (Phi) is 4.97. The molecular weight excluding hydrogens is 186 g/mol. The zero-order valence-corrected chi connectivity index (χ0v) is 8.85. The number of esters is 1. The highest BCUT2D eigenvalue weighted by atomic mass is 16.5. The minimum Gasteiger partial charge on any atom is -0.469 e. The summed E-state index contributed by atoms with van der Waals surface area (Å²) in [7, 11) is 1.24. The summed E-state index contributed by atoms with van der Waals surface area (Å²) in [6.07, 6.45) is 0. The van der Waals surface area contributed by atoms with Gasteiger partial charge in [-0.15, -0.1) is 0 Å². The lowest BCUT2D eigenvalue weighted by Crippen LogP contribution is -2.30. The van der Waals surface area contributed by atoms with Crippen molar-refractivity contribution >= 4 is 5.97 Å². The first kappa shape index (κ1) is 12.7. The fraction of sp³-hybridized carbons (Fsp3) is 0.875. The Morgan fingerprint density at radius 3 is 2.50 bits per heavy atom. The molecule has 0 saturated heterocycles. The minimum absolute atomic E-state index is 0.0280. The van der Waals surface area contributed by atoms with Gasteiger partial charge in [-0.1, -0.05) is 5.11 Å². The highest BCUT2D eigenvalue weighted by Crippen LogP contribution is 2.09. The van der Waals surface area contributed by atoms with Crippen molar-refractivity contribution in [1.29, 1.82) is 0 Å². The molecule has 6 heteroatoms. The van der Waals surface area contributed by atoms with Crippen LogP contribution in [0.1, 0.15) is 20.8 Å². The van der Waals surface area contributed by atoms with Crippen molar-refractivity contribution in [2.24, 2.45) is 5.11 Å². The summed E-state index contributed by atoms with van der Waals surface area (Å²) < 4.78 is 9.75. The molecule has 0 N–H and O–H groups in total. The number of methoxy groups -OCH3 is 1. The molecule has 80 valence electrons. The molecule has 14 heavy (non-hydrogen) atoms. The molecule has 6 nitrogen and oxygen atoms in total. The van der Waals surface area contributed by atoms with Gasteiger partial charge in [-0.25, -0.2) is 0 Å². The summed E-state index contributed by atoms with van der Waals surface area (Å²) in [5, 5.41) is 3.28. The van der Waals surface area contributed by atoms with Crippen molar-refractivity contribution in [1.82, 2.24) is 0 Å². The molecule has 0 heterocycles. The molecule has 0 fully saturated rings. The van der Waals surface area contributed by atoms with Gasteiger partial charge >= 0.3 is 5.97 Å². The molecule has 0 aliphatic rings. The number of carbonyl (C=O) groups excluding carboxylic acids is 1. The Labute approximate surface area is 82.8 Å². The second kappa shape index (κ2) is 5.47. The largest absolute Gasteiger partial charge is 0.469 e. The van der Waals surface area contributed by atoms with Gasteiger partial charge in [0, 0.05) is 4.91 Å². The number of carbonyl (C=O) groups is 1. The van der Waals surface area contributed by atoms with Crippen LogP contribution in [0.25, 0.3) is 10.4 Å². The number of hydrogen-bond acceptors (Lipinski definition) is 4. The van der Waals surface area contributed by atoms with Crippen molar-refractivity contribution in [2.45, 2.75) is 32.4 Å². The number of rotatable bonds is 4. The topological polar surface area (TPSA) is 84.3 Å². The van der Waals surface area contributed by atoms with Crippen LogP contribution in [0.2, 0.25) is 0 Å². The van der Waals surface area contributed by atoms with Crippen LogP contribution in [0, 0.1) is 0 Å². The van der Waals surface area contributed by atoms with E-state index in [2.05, 4.69) is 14.8 Å². The van der Waals surface area contributed by atoms with Crippen molar-refractivity contribution in [2.75, 3.05) is 13.7 Å². The van der Waals surface area contributed by atoms with Gasteiger partial charge in [0.2, 0.25) is 0 Å². The van der Waals surface area contributed by atoms with Gasteiger partial charge < -0.3 is 9.47 Å². The second-order valence-corrected chi connectivity index (χ2v) is 3.67. The van der Waals surface area contributed by atoms with Crippen LogP contribution < -0.4 is 0 Å². The first-order valence-electron chi connectivity index (χ1n) is 4.16. The van der Waals surface area contributed by atoms with E-state index in [9.17, 15) is 4.79 Å². The molecule has 0 aromatic heterocycles. The van der Waals surface area contributed by atoms with Crippen molar-refractivity contribution in [3.63, 3.8) is 0 Å². The molecule has 0 amide bonds. The fourth-order valence-electron chi connectivity index (χ4n) is 0.676. The summed E-state index contributed by atoms with van der Waals surface area (Å²) in [5.74, 6) is -0.591. The maximum atomic E-state index is 11.1. The molecule has 1 atom stereocenters. The maximum absolute atomic E-state index is 11.1. The van der Waals surface area contributed by atoms with E-state index in [0.717, 1.165) is 0 Å². The van der Waals surface area contributed by atoms with Gasteiger partial charge in [0.25, 0.3) is 0 Å². The third-order valence-corrected chi connectivity index (χ3v) is 1.34. The molecule has 0 rings (SSSR count). The fourth-order valence-corrected chi connectivity index (χ4v) is 0.676. The summed E-state index contributed by atoms with van der Waals surface area (Å²) >= 11 is 0. The number of azide groups is 1. The van der Waals surface area contributed by atoms with E-state index in [-0.39, 0.29) is 12.2 Å². The molecule has 0 spiro atoms. The summed E-state index contributed by atoms with van der Waals surface area (Å²) in [6, 6.07) is -0.913. The molecule has 0 aromatic rings. The van der Waals surface area contributed by atoms with Crippen molar-refractivity contribution < 1.29 is 14.3 Å². The maximum Gasteiger partial charge on any atom is 0.317 e. The van der Waals surface area contributed by atoms with E-state index in [1.165, 1.54) is 7.11 Å². The monoisotopic (exact) mass is 201 g/mol. The SMILES string of the molecule is COC(=O)[C@@H](COC(C)(C)C)N=[N+]=[N-]. The number of nitrogens with zero attached hydrogens (tertiary/aromatic N) is 3. The van der Waals surface area contributed by atoms with Gasteiger partial charge in [-0.05, 0) is 26.3 Å². The van der Waals surface area contributed by atoms with E-state index < -0.39 is 12.0 Å². The van der Waals surface area contributed by atoms with E-state index >= 15 is 0 Å². The lowest BCUT2D eigenvalue weighted by Gasteiger charge is -2.21. The summed E-state index contributed by atoms with van der Waals surface area (Å²) in [5.41, 5.74) is 7.83. The van der Waals surface area contributed by atoms with Crippen LogP contribution in [-0.2, 0) is 14.3 Å². The molecule has 0 radical (unpaired) electrons. The first-order valence-corrected chi connectivity index (χ1v) is 4.16. The van der Waals surface area contributed by atoms with Crippen molar-refractivity contribution in [3.05, 3.63) is 10.4 Å². The molecule has 0 bridgehead atoms. The Hall–Kier alpha value is -1.26. The molecule has 0 aliphatic heterocycles. The third kappa shape index (κ3) is 5.40.